The second kappa shape index (κ2) is 6.39. The Morgan fingerprint density at radius 2 is 2.14 bits per heavy atom. The molecule has 1 amide bonds. The van der Waals surface area contributed by atoms with Gasteiger partial charge < -0.3 is 9.88 Å². The van der Waals surface area contributed by atoms with Crippen molar-refractivity contribution in [2.24, 2.45) is 5.92 Å². The number of hydrogen-bond donors (Lipinski definition) is 1. The molecule has 116 valence electrons. The number of carbonyl (C=O) groups is 1. The summed E-state index contributed by atoms with van der Waals surface area (Å²) in [5.41, 5.74) is 2.27. The molecule has 1 fully saturated rings. The van der Waals surface area contributed by atoms with Crippen LogP contribution in [0.2, 0.25) is 0 Å². The topological polar surface area (TPSA) is 79.0 Å². The molecule has 7 heteroatoms. The van der Waals surface area contributed by atoms with Crippen molar-refractivity contribution in [2.75, 3.05) is 13.1 Å². The standard InChI is InChI=1S/C15H18N4O2S/c1-10-14(18-22-17-10)15(21)19-6-4-11(5-7-19)8-12-2-3-13(20)16-9-12/h2-3,9,11H,4-8H2,1H3,(H,16,20). The minimum absolute atomic E-state index is 0.00580. The summed E-state index contributed by atoms with van der Waals surface area (Å²) in [7, 11) is 0. The SMILES string of the molecule is Cc1nsnc1C(=O)N1CCC(Cc2ccc(=O)[nH]c2)CC1. The second-order valence-corrected chi connectivity index (χ2v) is 6.23. The predicted molar refractivity (Wildman–Crippen MR) is 84.0 cm³/mol. The van der Waals surface area contributed by atoms with E-state index in [1.165, 1.54) is 0 Å². The van der Waals surface area contributed by atoms with Crippen molar-refractivity contribution in [3.63, 3.8) is 0 Å². The number of rotatable bonds is 3. The van der Waals surface area contributed by atoms with Crippen LogP contribution in [0.5, 0.6) is 0 Å². The van der Waals surface area contributed by atoms with E-state index in [2.05, 4.69) is 13.7 Å². The van der Waals surface area contributed by atoms with Crippen LogP contribution in [0.4, 0.5) is 0 Å². The van der Waals surface area contributed by atoms with Crippen LogP contribution < -0.4 is 5.56 Å². The Hall–Kier alpha value is -2.02. The van der Waals surface area contributed by atoms with E-state index in [1.807, 2.05) is 17.9 Å². The number of likely N-dealkylation sites (tertiary alicyclic amines) is 1. The van der Waals surface area contributed by atoms with Gasteiger partial charge in [-0.25, -0.2) is 0 Å². The van der Waals surface area contributed by atoms with Gasteiger partial charge in [0.05, 0.1) is 17.4 Å². The molecule has 1 N–H and O–H groups in total. The highest BCUT2D eigenvalue weighted by Gasteiger charge is 2.26. The summed E-state index contributed by atoms with van der Waals surface area (Å²) in [6.07, 6.45) is 4.67. The monoisotopic (exact) mass is 318 g/mol. The van der Waals surface area contributed by atoms with Gasteiger partial charge in [0.1, 0.15) is 0 Å². The molecule has 1 aliphatic rings. The van der Waals surface area contributed by atoms with Gasteiger partial charge in [0.2, 0.25) is 5.56 Å². The van der Waals surface area contributed by atoms with Crippen molar-refractivity contribution in [2.45, 2.75) is 26.2 Å². The molecule has 3 heterocycles. The van der Waals surface area contributed by atoms with Crippen LogP contribution in [0.3, 0.4) is 0 Å². The average molecular weight is 318 g/mol. The summed E-state index contributed by atoms with van der Waals surface area (Å²) in [6.45, 7) is 3.33. The van der Waals surface area contributed by atoms with Crippen molar-refractivity contribution >= 4 is 17.6 Å². The first-order valence-electron chi connectivity index (χ1n) is 7.39. The number of H-pyrrole nitrogens is 1. The lowest BCUT2D eigenvalue weighted by Gasteiger charge is -2.31. The minimum Gasteiger partial charge on any atom is -0.337 e. The zero-order valence-corrected chi connectivity index (χ0v) is 13.2. The Kier molecular flexibility index (Phi) is 4.33. The van der Waals surface area contributed by atoms with Gasteiger partial charge in [0, 0.05) is 25.4 Å². The Morgan fingerprint density at radius 3 is 2.73 bits per heavy atom. The molecule has 22 heavy (non-hydrogen) atoms. The van der Waals surface area contributed by atoms with E-state index in [0.29, 0.717) is 17.3 Å². The third-order valence-corrected chi connectivity index (χ3v) is 4.75. The van der Waals surface area contributed by atoms with Crippen molar-refractivity contribution in [1.29, 1.82) is 0 Å². The molecule has 0 radical (unpaired) electrons. The fourth-order valence-corrected chi connectivity index (χ4v) is 3.36. The number of carbonyl (C=O) groups excluding carboxylic acids is 1. The van der Waals surface area contributed by atoms with Gasteiger partial charge in [0.25, 0.3) is 5.91 Å². The molecule has 2 aromatic rings. The van der Waals surface area contributed by atoms with Crippen LogP contribution in [-0.4, -0.2) is 37.6 Å². The third-order valence-electron chi connectivity index (χ3n) is 4.13. The Labute approximate surface area is 132 Å². The van der Waals surface area contributed by atoms with Crippen molar-refractivity contribution in [3.05, 3.63) is 45.6 Å². The number of nitrogens with zero attached hydrogens (tertiary/aromatic N) is 3. The molecule has 6 nitrogen and oxygen atoms in total. The van der Waals surface area contributed by atoms with E-state index in [0.717, 1.165) is 49.6 Å². The fourth-order valence-electron chi connectivity index (χ4n) is 2.82. The van der Waals surface area contributed by atoms with E-state index < -0.39 is 0 Å². The number of piperidine rings is 1. The Balaban J connectivity index is 1.56. The van der Waals surface area contributed by atoms with E-state index in [1.54, 1.807) is 12.3 Å². The zero-order chi connectivity index (χ0) is 15.5. The van der Waals surface area contributed by atoms with E-state index in [-0.39, 0.29) is 11.5 Å². The highest BCUT2D eigenvalue weighted by atomic mass is 32.1. The largest absolute Gasteiger partial charge is 0.337 e. The van der Waals surface area contributed by atoms with Crippen LogP contribution in [-0.2, 0) is 6.42 Å². The molecule has 0 atom stereocenters. The number of pyridine rings is 1. The van der Waals surface area contributed by atoms with Crippen molar-refractivity contribution in [3.8, 4) is 0 Å². The van der Waals surface area contributed by atoms with Gasteiger partial charge >= 0.3 is 0 Å². The molecule has 0 spiro atoms. The maximum atomic E-state index is 12.4. The maximum Gasteiger partial charge on any atom is 0.275 e. The highest BCUT2D eigenvalue weighted by Crippen LogP contribution is 2.22. The average Bonchev–Trinajstić information content (AvgIpc) is 2.96. The number of amides is 1. The van der Waals surface area contributed by atoms with Crippen LogP contribution in [0.25, 0.3) is 0 Å². The maximum absolute atomic E-state index is 12.4. The lowest BCUT2D eigenvalue weighted by molar-refractivity contribution is 0.0685. The predicted octanol–water partition coefficient (Wildman–Crippen LogP) is 1.63. The van der Waals surface area contributed by atoms with E-state index >= 15 is 0 Å². The number of aromatic nitrogens is 3. The first-order valence-corrected chi connectivity index (χ1v) is 8.12. The molecular weight excluding hydrogens is 300 g/mol. The van der Waals surface area contributed by atoms with Crippen LogP contribution in [0.1, 0.15) is 34.6 Å². The molecule has 0 bridgehead atoms. The number of hydrogen-bond acceptors (Lipinski definition) is 5. The lowest BCUT2D eigenvalue weighted by atomic mass is 9.90. The molecule has 0 unspecified atom stereocenters. The quantitative estimate of drug-likeness (QED) is 0.933. The van der Waals surface area contributed by atoms with Crippen LogP contribution in [0, 0.1) is 12.8 Å². The van der Waals surface area contributed by atoms with Gasteiger partial charge in [0.15, 0.2) is 5.69 Å². The zero-order valence-electron chi connectivity index (χ0n) is 12.4. The lowest BCUT2D eigenvalue weighted by Crippen LogP contribution is -2.39. The van der Waals surface area contributed by atoms with Crippen molar-refractivity contribution < 1.29 is 4.79 Å². The molecule has 0 aliphatic carbocycles. The Morgan fingerprint density at radius 1 is 1.36 bits per heavy atom. The smallest absolute Gasteiger partial charge is 0.275 e. The number of aryl methyl sites for hydroxylation is 1. The summed E-state index contributed by atoms with van der Waals surface area (Å²) in [5, 5.41) is 0. The third kappa shape index (κ3) is 3.24. The molecule has 3 rings (SSSR count). The fraction of sp³-hybridized carbons (Fsp3) is 0.467. The summed E-state index contributed by atoms with van der Waals surface area (Å²) < 4.78 is 8.16. The Bertz CT molecular complexity index is 696. The van der Waals surface area contributed by atoms with Crippen LogP contribution in [0.15, 0.2) is 23.1 Å². The highest BCUT2D eigenvalue weighted by molar-refractivity contribution is 6.99. The molecule has 1 saturated heterocycles. The van der Waals surface area contributed by atoms with Crippen LogP contribution >= 0.6 is 11.7 Å². The number of nitrogens with one attached hydrogen (secondary N) is 1. The van der Waals surface area contributed by atoms with Gasteiger partial charge in [-0.05, 0) is 37.7 Å². The van der Waals surface area contributed by atoms with Gasteiger partial charge in [-0.15, -0.1) is 0 Å². The van der Waals surface area contributed by atoms with Crippen molar-refractivity contribution in [1.82, 2.24) is 18.6 Å². The first kappa shape index (κ1) is 14.9. The van der Waals surface area contributed by atoms with E-state index in [9.17, 15) is 9.59 Å². The molecular formula is C15H18N4O2S. The van der Waals surface area contributed by atoms with Gasteiger partial charge in [-0.2, -0.15) is 8.75 Å². The molecule has 2 aromatic heterocycles. The van der Waals surface area contributed by atoms with Gasteiger partial charge in [-0.1, -0.05) is 6.07 Å². The second-order valence-electron chi connectivity index (χ2n) is 5.70. The van der Waals surface area contributed by atoms with Gasteiger partial charge in [-0.3, -0.25) is 9.59 Å². The summed E-state index contributed by atoms with van der Waals surface area (Å²) in [6, 6.07) is 3.44. The molecule has 0 aromatic carbocycles. The summed E-state index contributed by atoms with van der Waals surface area (Å²) in [4.78, 5) is 28.0. The minimum atomic E-state index is -0.0728. The van der Waals surface area contributed by atoms with E-state index in [4.69, 9.17) is 0 Å². The normalized spacial score (nSPS) is 16.0. The summed E-state index contributed by atoms with van der Waals surface area (Å²) in [5.74, 6) is 0.540. The molecule has 1 aliphatic heterocycles. The first-order chi connectivity index (χ1) is 10.6. The number of aromatic amines is 1. The summed E-state index contributed by atoms with van der Waals surface area (Å²) >= 11 is 1.09. The molecule has 0 saturated carbocycles.